The highest BCUT2D eigenvalue weighted by molar-refractivity contribution is 7.15. The molecular formula is C13H11N3S. The van der Waals surface area contributed by atoms with Gasteiger partial charge in [0.2, 0.25) is 5.13 Å². The number of nitrogens with two attached hydrogens (primary N) is 1. The second kappa shape index (κ2) is 4.14. The van der Waals surface area contributed by atoms with Gasteiger partial charge in [-0.2, -0.15) is 0 Å². The number of rotatable bonds is 2. The van der Waals surface area contributed by atoms with E-state index in [1.165, 1.54) is 27.7 Å². The maximum absolute atomic E-state index is 5.57. The van der Waals surface area contributed by atoms with Crippen LogP contribution in [-0.4, -0.2) is 10.2 Å². The first-order valence-corrected chi connectivity index (χ1v) is 6.18. The van der Waals surface area contributed by atoms with E-state index in [0.717, 1.165) is 11.4 Å². The van der Waals surface area contributed by atoms with Gasteiger partial charge in [0, 0.05) is 6.42 Å². The van der Waals surface area contributed by atoms with Crippen molar-refractivity contribution in [3.8, 4) is 0 Å². The highest BCUT2D eigenvalue weighted by atomic mass is 32.1. The van der Waals surface area contributed by atoms with Crippen molar-refractivity contribution in [1.29, 1.82) is 0 Å². The highest BCUT2D eigenvalue weighted by Crippen LogP contribution is 2.20. The molecule has 3 aromatic rings. The van der Waals surface area contributed by atoms with Crippen LogP contribution in [-0.2, 0) is 6.42 Å². The van der Waals surface area contributed by atoms with Crippen LogP contribution >= 0.6 is 11.3 Å². The molecule has 0 fully saturated rings. The van der Waals surface area contributed by atoms with Gasteiger partial charge in [-0.05, 0) is 16.3 Å². The van der Waals surface area contributed by atoms with E-state index in [1.807, 2.05) is 6.07 Å². The number of nitrogen functional groups attached to an aromatic ring is 1. The lowest BCUT2D eigenvalue weighted by Crippen LogP contribution is -1.87. The third-order valence-electron chi connectivity index (χ3n) is 2.65. The predicted octanol–water partition coefficient (Wildman–Crippen LogP) is 2.86. The molecule has 0 spiro atoms. The molecule has 0 radical (unpaired) electrons. The molecule has 0 saturated heterocycles. The highest BCUT2D eigenvalue weighted by Gasteiger charge is 2.03. The molecule has 1 heterocycles. The summed E-state index contributed by atoms with van der Waals surface area (Å²) in [5, 5.41) is 11.9. The lowest BCUT2D eigenvalue weighted by atomic mass is 10.1. The Morgan fingerprint density at radius 1 is 1.00 bits per heavy atom. The second-order valence-electron chi connectivity index (χ2n) is 3.89. The first-order chi connectivity index (χ1) is 8.31. The molecule has 0 aliphatic heterocycles. The maximum atomic E-state index is 5.57. The standard InChI is InChI=1S/C13H11N3S/c14-13-16-15-12(17-13)8-9-5-6-10-3-1-2-4-11(10)7-9/h1-7H,8H2,(H2,14,16). The van der Waals surface area contributed by atoms with Crippen LogP contribution in [0.5, 0.6) is 0 Å². The van der Waals surface area contributed by atoms with Crippen molar-refractivity contribution < 1.29 is 0 Å². The number of fused-ring (bicyclic) bond motifs is 1. The predicted molar refractivity (Wildman–Crippen MR) is 71.1 cm³/mol. The van der Waals surface area contributed by atoms with Gasteiger partial charge in [-0.1, -0.05) is 53.8 Å². The van der Waals surface area contributed by atoms with Crippen molar-refractivity contribution in [1.82, 2.24) is 10.2 Å². The molecule has 2 aromatic carbocycles. The molecule has 0 unspecified atom stereocenters. The van der Waals surface area contributed by atoms with Crippen molar-refractivity contribution >= 4 is 27.2 Å². The number of benzene rings is 2. The van der Waals surface area contributed by atoms with Gasteiger partial charge in [0.15, 0.2) is 0 Å². The van der Waals surface area contributed by atoms with E-state index in [-0.39, 0.29) is 0 Å². The summed E-state index contributed by atoms with van der Waals surface area (Å²) in [5.74, 6) is 0. The molecular weight excluding hydrogens is 230 g/mol. The largest absolute Gasteiger partial charge is 0.374 e. The van der Waals surface area contributed by atoms with Gasteiger partial charge in [-0.25, -0.2) is 0 Å². The summed E-state index contributed by atoms with van der Waals surface area (Å²) in [4.78, 5) is 0. The molecule has 84 valence electrons. The van der Waals surface area contributed by atoms with Gasteiger partial charge in [0.1, 0.15) is 5.01 Å². The Bertz CT molecular complexity index is 660. The van der Waals surface area contributed by atoms with Crippen molar-refractivity contribution in [3.63, 3.8) is 0 Å². The molecule has 0 atom stereocenters. The Morgan fingerprint density at radius 2 is 1.82 bits per heavy atom. The lowest BCUT2D eigenvalue weighted by molar-refractivity contribution is 1.01. The first-order valence-electron chi connectivity index (χ1n) is 5.37. The van der Waals surface area contributed by atoms with Crippen molar-refractivity contribution in [3.05, 3.63) is 53.0 Å². The fourth-order valence-electron chi connectivity index (χ4n) is 1.86. The third kappa shape index (κ3) is 2.12. The zero-order valence-corrected chi connectivity index (χ0v) is 9.95. The average molecular weight is 241 g/mol. The molecule has 0 aliphatic rings. The summed E-state index contributed by atoms with van der Waals surface area (Å²) >= 11 is 1.44. The monoisotopic (exact) mass is 241 g/mol. The Labute approximate surface area is 103 Å². The van der Waals surface area contributed by atoms with Crippen LogP contribution in [0.15, 0.2) is 42.5 Å². The summed E-state index contributed by atoms with van der Waals surface area (Å²) in [6, 6.07) is 14.8. The van der Waals surface area contributed by atoms with E-state index in [2.05, 4.69) is 46.6 Å². The molecule has 3 rings (SSSR count). The maximum Gasteiger partial charge on any atom is 0.203 e. The quantitative estimate of drug-likeness (QED) is 0.750. The Kier molecular flexibility index (Phi) is 2.49. The SMILES string of the molecule is Nc1nnc(Cc2ccc3ccccc3c2)s1. The van der Waals surface area contributed by atoms with Crippen LogP contribution < -0.4 is 5.73 Å². The number of aromatic nitrogens is 2. The normalized spacial score (nSPS) is 10.8. The number of hydrogen-bond acceptors (Lipinski definition) is 4. The van der Waals surface area contributed by atoms with Crippen LogP contribution in [0.25, 0.3) is 10.8 Å². The zero-order chi connectivity index (χ0) is 11.7. The zero-order valence-electron chi connectivity index (χ0n) is 9.13. The minimum Gasteiger partial charge on any atom is -0.374 e. The van der Waals surface area contributed by atoms with E-state index in [9.17, 15) is 0 Å². The number of anilines is 1. The van der Waals surface area contributed by atoms with Gasteiger partial charge < -0.3 is 5.73 Å². The summed E-state index contributed by atoms with van der Waals surface area (Å²) in [6.07, 6.45) is 0.791. The summed E-state index contributed by atoms with van der Waals surface area (Å²) in [6.45, 7) is 0. The summed E-state index contributed by atoms with van der Waals surface area (Å²) in [5.41, 5.74) is 6.80. The summed E-state index contributed by atoms with van der Waals surface area (Å²) < 4.78 is 0. The van der Waals surface area contributed by atoms with Gasteiger partial charge in [0.05, 0.1) is 0 Å². The molecule has 0 aliphatic carbocycles. The smallest absolute Gasteiger partial charge is 0.203 e. The first kappa shape index (κ1) is 10.2. The Balaban J connectivity index is 1.95. The van der Waals surface area contributed by atoms with Crippen molar-refractivity contribution in [2.24, 2.45) is 0 Å². The van der Waals surface area contributed by atoms with Gasteiger partial charge in [0.25, 0.3) is 0 Å². The van der Waals surface area contributed by atoms with E-state index < -0.39 is 0 Å². The van der Waals surface area contributed by atoms with E-state index in [0.29, 0.717) is 5.13 Å². The third-order valence-corrected chi connectivity index (χ3v) is 3.40. The molecule has 17 heavy (non-hydrogen) atoms. The Morgan fingerprint density at radius 3 is 2.59 bits per heavy atom. The average Bonchev–Trinajstić information content (AvgIpc) is 2.75. The van der Waals surface area contributed by atoms with E-state index in [1.54, 1.807) is 0 Å². The lowest BCUT2D eigenvalue weighted by Gasteiger charge is -2.01. The fourth-order valence-corrected chi connectivity index (χ4v) is 2.50. The number of nitrogens with zero attached hydrogens (tertiary/aromatic N) is 2. The molecule has 0 saturated carbocycles. The molecule has 0 amide bonds. The van der Waals surface area contributed by atoms with Crippen molar-refractivity contribution in [2.75, 3.05) is 5.73 Å². The Hall–Kier alpha value is -1.94. The van der Waals surface area contributed by atoms with Gasteiger partial charge in [-0.3, -0.25) is 0 Å². The molecule has 4 heteroatoms. The molecule has 2 N–H and O–H groups in total. The van der Waals surface area contributed by atoms with Crippen LogP contribution in [0.4, 0.5) is 5.13 Å². The summed E-state index contributed by atoms with van der Waals surface area (Å²) in [7, 11) is 0. The topological polar surface area (TPSA) is 51.8 Å². The van der Waals surface area contributed by atoms with Gasteiger partial charge >= 0.3 is 0 Å². The van der Waals surface area contributed by atoms with Crippen LogP contribution in [0.3, 0.4) is 0 Å². The fraction of sp³-hybridized carbons (Fsp3) is 0.0769. The van der Waals surface area contributed by atoms with Crippen molar-refractivity contribution in [2.45, 2.75) is 6.42 Å². The minimum atomic E-state index is 0.529. The molecule has 0 bridgehead atoms. The van der Waals surface area contributed by atoms with Crippen LogP contribution in [0, 0.1) is 0 Å². The van der Waals surface area contributed by atoms with Crippen LogP contribution in [0.1, 0.15) is 10.6 Å². The molecule has 3 nitrogen and oxygen atoms in total. The van der Waals surface area contributed by atoms with Crippen LogP contribution in [0.2, 0.25) is 0 Å². The molecule has 1 aromatic heterocycles. The number of hydrogen-bond donors (Lipinski definition) is 1. The van der Waals surface area contributed by atoms with E-state index in [4.69, 9.17) is 5.73 Å². The van der Waals surface area contributed by atoms with Gasteiger partial charge in [-0.15, -0.1) is 10.2 Å². The minimum absolute atomic E-state index is 0.529. The van der Waals surface area contributed by atoms with E-state index >= 15 is 0 Å². The second-order valence-corrected chi connectivity index (χ2v) is 4.99.